The van der Waals surface area contributed by atoms with Crippen molar-refractivity contribution in [3.05, 3.63) is 46.9 Å². The van der Waals surface area contributed by atoms with Gasteiger partial charge in [-0.2, -0.15) is 0 Å². The number of carbonyl (C=O) groups is 4. The maximum absolute atomic E-state index is 13.1. The van der Waals surface area contributed by atoms with Gasteiger partial charge in [-0.25, -0.2) is 23.5 Å². The van der Waals surface area contributed by atoms with Crippen LogP contribution in [-0.4, -0.2) is 85.3 Å². The Balaban J connectivity index is 1.47. The van der Waals surface area contributed by atoms with Gasteiger partial charge in [0.25, 0.3) is 11.8 Å². The zero-order chi connectivity index (χ0) is 29.0. The van der Waals surface area contributed by atoms with Crippen molar-refractivity contribution in [1.82, 2.24) is 15.2 Å². The molecule has 40 heavy (non-hydrogen) atoms. The normalized spacial score (nSPS) is 19.5. The molecule has 0 aromatic carbocycles. The summed E-state index contributed by atoms with van der Waals surface area (Å²) in [6.07, 6.45) is 2.11. The zero-order valence-corrected chi connectivity index (χ0v) is 23.3. The molecule has 0 saturated carbocycles. The molecule has 0 bridgehead atoms. The van der Waals surface area contributed by atoms with Crippen molar-refractivity contribution in [2.75, 3.05) is 23.9 Å². The number of aromatic nitrogens is 2. The number of thiazole rings is 1. The van der Waals surface area contributed by atoms with Crippen LogP contribution in [0.25, 0.3) is 0 Å². The van der Waals surface area contributed by atoms with Crippen LogP contribution in [0.1, 0.15) is 12.6 Å². The molecule has 2 aliphatic heterocycles. The minimum atomic E-state index is -1.36. The minimum absolute atomic E-state index is 0.0269. The molecule has 1 fully saturated rings. The van der Waals surface area contributed by atoms with Gasteiger partial charge in [0.1, 0.15) is 29.5 Å². The van der Waals surface area contributed by atoms with E-state index in [1.165, 1.54) is 35.8 Å². The number of fused-ring (bicyclic) bond motifs is 1. The van der Waals surface area contributed by atoms with Crippen LogP contribution < -0.4 is 15.6 Å². The molecule has 4 rings (SSSR count). The number of hydrogen-bond donors (Lipinski definition) is 4. The monoisotopic (exact) mass is 611 g/mol. The van der Waals surface area contributed by atoms with Gasteiger partial charge < -0.3 is 26.1 Å². The number of carboxylic acids is 2. The van der Waals surface area contributed by atoms with Gasteiger partial charge in [0.15, 0.2) is 29.8 Å². The molecule has 17 heteroatoms. The van der Waals surface area contributed by atoms with Crippen molar-refractivity contribution in [2.45, 2.75) is 35.9 Å². The SMILES string of the molecule is C[C@@H](ON=C(C(=O)N[C@@H]1C(=O)N2C(C(=O)O)=C(CSc3cc[n+](CCF)cc3)CS[C@H]12)c1csc(N)n1)C(=O)O. The van der Waals surface area contributed by atoms with Crippen LogP contribution in [-0.2, 0) is 30.6 Å². The van der Waals surface area contributed by atoms with Crippen molar-refractivity contribution in [1.29, 1.82) is 0 Å². The standard InChI is InChI=1S/C23H23FN6O7S3/c1-11(21(33)34)37-28-15(14-10-40-23(25)26-14)18(31)27-16-19(32)30-17(22(35)36)12(9-39-20(16)30)8-38-13-2-5-29(6-3-13)7-4-24/h2-3,5-6,10-11,16,20H,4,7-9H2,1H3,(H4-,25,26,27,31,33,34,35,36)/p+1/t11-,16-,20-/m1/s1. The van der Waals surface area contributed by atoms with Gasteiger partial charge in [-0.05, 0) is 12.5 Å². The molecule has 4 heterocycles. The van der Waals surface area contributed by atoms with Gasteiger partial charge in [-0.3, -0.25) is 14.5 Å². The highest BCUT2D eigenvalue weighted by Gasteiger charge is 2.54. The van der Waals surface area contributed by atoms with Gasteiger partial charge in [0.05, 0.1) is 0 Å². The van der Waals surface area contributed by atoms with Gasteiger partial charge >= 0.3 is 11.9 Å². The van der Waals surface area contributed by atoms with Crippen molar-refractivity contribution >= 4 is 69.5 Å². The maximum atomic E-state index is 13.1. The number of β-lactam (4-membered cyclic amide) rings is 1. The Bertz CT molecular complexity index is 1380. The van der Waals surface area contributed by atoms with Crippen LogP contribution in [0.3, 0.4) is 0 Å². The number of anilines is 1. The fourth-order valence-electron chi connectivity index (χ4n) is 3.74. The average molecular weight is 612 g/mol. The first-order valence-corrected chi connectivity index (χ1v) is 14.6. The second-order valence-corrected chi connectivity index (χ2v) is 11.5. The Kier molecular flexibility index (Phi) is 9.26. The van der Waals surface area contributed by atoms with Crippen molar-refractivity contribution in [2.24, 2.45) is 5.16 Å². The van der Waals surface area contributed by atoms with E-state index in [2.05, 4.69) is 15.5 Å². The molecule has 1 saturated heterocycles. The molecule has 2 aliphatic rings. The number of carboxylic acid groups (broad SMARTS) is 2. The number of nitrogens with one attached hydrogen (secondary N) is 1. The number of rotatable bonds is 12. The number of halogens is 1. The highest BCUT2D eigenvalue weighted by Crippen LogP contribution is 2.41. The summed E-state index contributed by atoms with van der Waals surface area (Å²) in [6, 6.07) is 2.55. The molecule has 13 nitrogen and oxygen atoms in total. The van der Waals surface area contributed by atoms with E-state index >= 15 is 0 Å². The Labute approximate surface area is 239 Å². The number of nitrogens with zero attached hydrogens (tertiary/aromatic N) is 4. The number of alkyl halides is 1. The number of amides is 2. The molecule has 2 amide bonds. The molecule has 2 aromatic heterocycles. The predicted molar refractivity (Wildman–Crippen MR) is 144 cm³/mol. The molecule has 0 unspecified atom stereocenters. The number of carbonyl (C=O) groups excluding carboxylic acids is 2. The molecule has 3 atom stereocenters. The summed E-state index contributed by atoms with van der Waals surface area (Å²) in [4.78, 5) is 60.3. The third kappa shape index (κ3) is 6.37. The van der Waals surface area contributed by atoms with E-state index in [4.69, 9.17) is 15.7 Å². The van der Waals surface area contributed by atoms with Crippen LogP contribution in [0.4, 0.5) is 9.52 Å². The van der Waals surface area contributed by atoms with Crippen molar-refractivity contribution in [3.63, 3.8) is 0 Å². The Hall–Kier alpha value is -3.70. The zero-order valence-electron chi connectivity index (χ0n) is 20.9. The lowest BCUT2D eigenvalue weighted by Crippen LogP contribution is -2.71. The molecule has 5 N–H and O–H groups in total. The van der Waals surface area contributed by atoms with Crippen molar-refractivity contribution < 1.29 is 43.2 Å². The quantitative estimate of drug-likeness (QED) is 0.0870. The first-order chi connectivity index (χ1) is 19.1. The van der Waals surface area contributed by atoms with Crippen molar-refractivity contribution in [3.8, 4) is 0 Å². The highest BCUT2D eigenvalue weighted by atomic mass is 32.2. The largest absolute Gasteiger partial charge is 0.478 e. The maximum Gasteiger partial charge on any atom is 0.352 e. The summed E-state index contributed by atoms with van der Waals surface area (Å²) in [5.41, 5.74) is 5.72. The second kappa shape index (κ2) is 12.6. The van der Waals surface area contributed by atoms with Gasteiger partial charge in [0.2, 0.25) is 6.10 Å². The third-order valence-corrected chi connectivity index (χ3v) is 8.89. The van der Waals surface area contributed by atoms with E-state index < -0.39 is 47.9 Å². The van der Waals surface area contributed by atoms with Crippen LogP contribution in [0, 0.1) is 0 Å². The first kappa shape index (κ1) is 29.3. The molecule has 0 radical (unpaired) electrons. The molecule has 0 aliphatic carbocycles. The van der Waals surface area contributed by atoms with E-state index in [0.717, 1.165) is 21.1 Å². The number of hydrogen-bond acceptors (Lipinski definition) is 11. The topological polar surface area (TPSA) is 188 Å². The number of aliphatic carboxylic acids is 2. The molecule has 0 spiro atoms. The molecular formula is C23H24FN6O7S3+. The summed E-state index contributed by atoms with van der Waals surface area (Å²) in [6.45, 7) is 0.978. The van der Waals surface area contributed by atoms with Crippen LogP contribution in [0.2, 0.25) is 0 Å². The highest BCUT2D eigenvalue weighted by molar-refractivity contribution is 8.01. The molecule has 2 aromatic rings. The first-order valence-electron chi connectivity index (χ1n) is 11.7. The number of nitrogen functional groups attached to an aromatic ring is 1. The van der Waals surface area contributed by atoms with Crippen LogP contribution in [0.15, 0.2) is 51.2 Å². The average Bonchev–Trinajstić information content (AvgIpc) is 3.36. The summed E-state index contributed by atoms with van der Waals surface area (Å²) >= 11 is 3.72. The number of pyridine rings is 1. The van der Waals surface area contributed by atoms with E-state index in [9.17, 15) is 28.7 Å². The molecular weight excluding hydrogens is 587 g/mol. The Morgan fingerprint density at radius 3 is 2.70 bits per heavy atom. The summed E-state index contributed by atoms with van der Waals surface area (Å²) < 4.78 is 14.2. The van der Waals surface area contributed by atoms with E-state index in [1.54, 1.807) is 29.1 Å². The smallest absolute Gasteiger partial charge is 0.352 e. The lowest BCUT2D eigenvalue weighted by atomic mass is 10.0. The van der Waals surface area contributed by atoms with Gasteiger partial charge in [0, 0.05) is 33.9 Å². The minimum Gasteiger partial charge on any atom is -0.478 e. The number of nitrogens with two attached hydrogens (primary N) is 1. The summed E-state index contributed by atoms with van der Waals surface area (Å²) in [7, 11) is 0. The Morgan fingerprint density at radius 2 is 2.10 bits per heavy atom. The number of oxime groups is 1. The summed E-state index contributed by atoms with van der Waals surface area (Å²) in [5, 5.41) is 26.0. The second-order valence-electron chi connectivity index (χ2n) is 8.46. The lowest BCUT2D eigenvalue weighted by molar-refractivity contribution is -0.697. The van der Waals surface area contributed by atoms with Crippen LogP contribution >= 0.6 is 34.9 Å². The lowest BCUT2D eigenvalue weighted by Gasteiger charge is -2.49. The van der Waals surface area contributed by atoms with E-state index in [0.29, 0.717) is 17.1 Å². The fourth-order valence-corrected chi connectivity index (χ4v) is 6.66. The van der Waals surface area contributed by atoms with Gasteiger partial charge in [-0.15, -0.1) is 34.9 Å². The van der Waals surface area contributed by atoms with Crippen LogP contribution in [0.5, 0.6) is 0 Å². The molecule has 212 valence electrons. The summed E-state index contributed by atoms with van der Waals surface area (Å²) in [5.74, 6) is -3.42. The fraction of sp³-hybridized carbons (Fsp3) is 0.348. The number of thioether (sulfide) groups is 2. The number of aryl methyl sites for hydroxylation is 1. The Morgan fingerprint density at radius 1 is 1.38 bits per heavy atom. The third-order valence-electron chi connectivity index (χ3n) is 5.78. The van der Waals surface area contributed by atoms with E-state index in [1.807, 2.05) is 0 Å². The van der Waals surface area contributed by atoms with E-state index in [-0.39, 0.29) is 28.8 Å². The predicted octanol–water partition coefficient (Wildman–Crippen LogP) is 0.707. The van der Waals surface area contributed by atoms with Gasteiger partial charge in [-0.1, -0.05) is 5.16 Å².